The number of hydrazine groups is 1. The van der Waals surface area contributed by atoms with Crippen molar-refractivity contribution < 1.29 is 9.53 Å². The molecule has 8 heteroatoms. The van der Waals surface area contributed by atoms with Gasteiger partial charge in [-0.15, -0.1) is 0 Å². The van der Waals surface area contributed by atoms with E-state index in [2.05, 4.69) is 45.0 Å². The maximum Gasteiger partial charge on any atom is 0.290 e. The van der Waals surface area contributed by atoms with Gasteiger partial charge in [-0.2, -0.15) is 0 Å². The highest BCUT2D eigenvalue weighted by atomic mass is 16.5. The molecule has 1 aromatic rings. The molecule has 8 nitrogen and oxygen atoms in total. The van der Waals surface area contributed by atoms with Crippen LogP contribution in [0, 0.1) is 5.41 Å². The van der Waals surface area contributed by atoms with Gasteiger partial charge in [0, 0.05) is 18.5 Å². The van der Waals surface area contributed by atoms with Crippen LogP contribution in [0.25, 0.3) is 0 Å². The standard InChI is InChI=1S/C12H18N6O2/c1-12(2)6-14-11(15-7-12)18-17-10(19)8-4-13-5-9(16-8)20-3/h4-5H,6-7H2,1-3H3,(H,17,19)(H2,14,15,18). The predicted molar refractivity (Wildman–Crippen MR) is 73.3 cm³/mol. The van der Waals surface area contributed by atoms with Crippen LogP contribution in [0.5, 0.6) is 5.88 Å². The fourth-order valence-corrected chi connectivity index (χ4v) is 1.55. The fraction of sp³-hybridized carbons (Fsp3) is 0.500. The Morgan fingerprint density at radius 2 is 2.25 bits per heavy atom. The van der Waals surface area contributed by atoms with Gasteiger partial charge < -0.3 is 10.1 Å². The van der Waals surface area contributed by atoms with Crippen molar-refractivity contribution in [1.29, 1.82) is 0 Å². The molecule has 0 aliphatic carbocycles. The lowest BCUT2D eigenvalue weighted by atomic mass is 9.93. The SMILES string of the molecule is COc1cncc(C(=O)NNC2=NCC(C)(C)CN2)n1. The number of carbonyl (C=O) groups is 1. The van der Waals surface area contributed by atoms with Gasteiger partial charge in [0.2, 0.25) is 11.8 Å². The summed E-state index contributed by atoms with van der Waals surface area (Å²) in [6, 6.07) is 0. The van der Waals surface area contributed by atoms with E-state index in [4.69, 9.17) is 4.74 Å². The van der Waals surface area contributed by atoms with Crippen LogP contribution in [-0.2, 0) is 0 Å². The molecular weight excluding hydrogens is 260 g/mol. The molecule has 0 saturated heterocycles. The quantitative estimate of drug-likeness (QED) is 0.642. The Hall–Kier alpha value is -2.38. The van der Waals surface area contributed by atoms with Crippen molar-refractivity contribution in [1.82, 2.24) is 26.1 Å². The van der Waals surface area contributed by atoms with Crippen LogP contribution in [0.2, 0.25) is 0 Å². The van der Waals surface area contributed by atoms with Crippen LogP contribution in [0.1, 0.15) is 24.3 Å². The second kappa shape index (κ2) is 5.72. The first-order valence-electron chi connectivity index (χ1n) is 6.21. The smallest absolute Gasteiger partial charge is 0.290 e. The summed E-state index contributed by atoms with van der Waals surface area (Å²) in [5.41, 5.74) is 5.51. The summed E-state index contributed by atoms with van der Waals surface area (Å²) in [7, 11) is 1.46. The first-order valence-corrected chi connectivity index (χ1v) is 6.21. The summed E-state index contributed by atoms with van der Waals surface area (Å²) in [6.45, 7) is 5.71. The maximum atomic E-state index is 11.9. The Morgan fingerprint density at radius 3 is 2.90 bits per heavy atom. The topological polar surface area (TPSA) is 101 Å². The van der Waals surface area contributed by atoms with E-state index in [0.29, 0.717) is 12.5 Å². The Labute approximate surface area is 117 Å². The molecule has 0 atom stereocenters. The number of nitrogens with zero attached hydrogens (tertiary/aromatic N) is 3. The van der Waals surface area contributed by atoms with E-state index in [-0.39, 0.29) is 17.0 Å². The molecule has 2 heterocycles. The summed E-state index contributed by atoms with van der Waals surface area (Å²) in [6.07, 6.45) is 2.79. The van der Waals surface area contributed by atoms with Gasteiger partial charge >= 0.3 is 0 Å². The van der Waals surface area contributed by atoms with E-state index in [1.54, 1.807) is 0 Å². The summed E-state index contributed by atoms with van der Waals surface area (Å²) in [5, 5.41) is 3.10. The molecule has 0 aromatic carbocycles. The van der Waals surface area contributed by atoms with Crippen LogP contribution < -0.4 is 20.9 Å². The fourth-order valence-electron chi connectivity index (χ4n) is 1.55. The Balaban J connectivity index is 1.91. The second-order valence-corrected chi connectivity index (χ2v) is 5.21. The number of aromatic nitrogens is 2. The number of nitrogens with one attached hydrogen (secondary N) is 3. The van der Waals surface area contributed by atoms with Gasteiger partial charge in [-0.1, -0.05) is 13.8 Å². The molecule has 20 heavy (non-hydrogen) atoms. The Bertz CT molecular complexity index is 528. The Kier molecular flexibility index (Phi) is 4.02. The zero-order valence-corrected chi connectivity index (χ0v) is 11.7. The zero-order chi connectivity index (χ0) is 14.6. The molecule has 0 fully saturated rings. The molecule has 0 bridgehead atoms. The van der Waals surface area contributed by atoms with Gasteiger partial charge in [0.25, 0.3) is 5.91 Å². The van der Waals surface area contributed by atoms with Gasteiger partial charge in [-0.05, 0) is 0 Å². The zero-order valence-electron chi connectivity index (χ0n) is 11.7. The molecule has 1 aliphatic heterocycles. The van der Waals surface area contributed by atoms with E-state index in [0.717, 1.165) is 6.54 Å². The maximum absolute atomic E-state index is 11.9. The lowest BCUT2D eigenvalue weighted by Crippen LogP contribution is -2.53. The Morgan fingerprint density at radius 1 is 1.45 bits per heavy atom. The highest BCUT2D eigenvalue weighted by Crippen LogP contribution is 2.15. The molecule has 0 radical (unpaired) electrons. The molecule has 1 aliphatic rings. The van der Waals surface area contributed by atoms with E-state index in [1.165, 1.54) is 19.5 Å². The number of hydrogen-bond acceptors (Lipinski definition) is 7. The lowest BCUT2D eigenvalue weighted by Gasteiger charge is -2.29. The van der Waals surface area contributed by atoms with E-state index in [9.17, 15) is 4.79 Å². The number of aliphatic imine (C=N–C) groups is 1. The van der Waals surface area contributed by atoms with E-state index < -0.39 is 5.91 Å². The van der Waals surface area contributed by atoms with Crippen molar-refractivity contribution in [3.05, 3.63) is 18.1 Å². The summed E-state index contributed by atoms with van der Waals surface area (Å²) in [5.74, 6) is 0.409. The molecule has 0 saturated carbocycles. The number of carbonyl (C=O) groups excluding carboxylic acids is 1. The monoisotopic (exact) mass is 278 g/mol. The van der Waals surface area contributed by atoms with Crippen LogP contribution in [0.3, 0.4) is 0 Å². The van der Waals surface area contributed by atoms with Crippen LogP contribution in [0.15, 0.2) is 17.4 Å². The van der Waals surface area contributed by atoms with Gasteiger partial charge in [0.15, 0.2) is 5.69 Å². The molecule has 2 rings (SSSR count). The van der Waals surface area contributed by atoms with E-state index >= 15 is 0 Å². The van der Waals surface area contributed by atoms with Crippen molar-refractivity contribution in [3.8, 4) is 5.88 Å². The predicted octanol–water partition coefficient (Wildman–Crippen LogP) is -0.295. The minimum atomic E-state index is -0.411. The molecular formula is C12H18N6O2. The van der Waals surface area contributed by atoms with Gasteiger partial charge in [0.1, 0.15) is 0 Å². The molecule has 1 amide bonds. The molecule has 0 unspecified atom stereocenters. The van der Waals surface area contributed by atoms with Crippen LogP contribution in [-0.4, -0.2) is 42.0 Å². The summed E-state index contributed by atoms with van der Waals surface area (Å²) >= 11 is 0. The number of guanidine groups is 1. The summed E-state index contributed by atoms with van der Waals surface area (Å²) in [4.78, 5) is 24.0. The first kappa shape index (κ1) is 14.0. The highest BCUT2D eigenvalue weighted by molar-refractivity contribution is 5.93. The van der Waals surface area contributed by atoms with Crippen LogP contribution in [0.4, 0.5) is 0 Å². The minimum absolute atomic E-state index is 0.119. The number of hydrogen-bond donors (Lipinski definition) is 3. The molecule has 108 valence electrons. The molecule has 0 spiro atoms. The van der Waals surface area contributed by atoms with Crippen molar-refractivity contribution in [3.63, 3.8) is 0 Å². The largest absolute Gasteiger partial charge is 0.480 e. The third-order valence-corrected chi connectivity index (χ3v) is 2.75. The van der Waals surface area contributed by atoms with Crippen LogP contribution >= 0.6 is 0 Å². The number of ether oxygens (including phenoxy) is 1. The average Bonchev–Trinajstić information content (AvgIpc) is 2.46. The third kappa shape index (κ3) is 3.56. The normalized spacial score (nSPS) is 16.6. The van der Waals surface area contributed by atoms with Crippen molar-refractivity contribution >= 4 is 11.9 Å². The minimum Gasteiger partial charge on any atom is -0.480 e. The van der Waals surface area contributed by atoms with Gasteiger partial charge in [-0.3, -0.25) is 25.6 Å². The summed E-state index contributed by atoms with van der Waals surface area (Å²) < 4.78 is 4.91. The van der Waals surface area contributed by atoms with Crippen molar-refractivity contribution in [2.75, 3.05) is 20.2 Å². The number of methoxy groups -OCH3 is 1. The lowest BCUT2D eigenvalue weighted by molar-refractivity contribution is 0.0936. The number of rotatable bonds is 2. The van der Waals surface area contributed by atoms with E-state index in [1.807, 2.05) is 0 Å². The molecule has 3 N–H and O–H groups in total. The highest BCUT2D eigenvalue weighted by Gasteiger charge is 2.22. The van der Waals surface area contributed by atoms with Gasteiger partial charge in [0.05, 0.1) is 19.5 Å². The first-order chi connectivity index (χ1) is 9.50. The third-order valence-electron chi connectivity index (χ3n) is 2.75. The molecule has 1 aromatic heterocycles. The van der Waals surface area contributed by atoms with Crippen molar-refractivity contribution in [2.24, 2.45) is 10.4 Å². The number of amides is 1. The van der Waals surface area contributed by atoms with Crippen molar-refractivity contribution in [2.45, 2.75) is 13.8 Å². The average molecular weight is 278 g/mol. The van der Waals surface area contributed by atoms with Gasteiger partial charge in [-0.25, -0.2) is 4.98 Å². The second-order valence-electron chi connectivity index (χ2n) is 5.21.